The van der Waals surface area contributed by atoms with Crippen molar-refractivity contribution in [2.24, 2.45) is 23.3 Å². The largest absolute Gasteiger partial charge is 1.00 e. The molecule has 20 nitrogen and oxygen atoms in total. The molecule has 0 bridgehead atoms. The molecule has 0 unspecified atom stereocenters. The minimum atomic E-state index is -5.19. The van der Waals surface area contributed by atoms with Gasteiger partial charge in [-0.25, -0.2) is 36.7 Å². The van der Waals surface area contributed by atoms with E-state index < -0.39 is 58.5 Å². The summed E-state index contributed by atoms with van der Waals surface area (Å²) in [5.74, 6) is -6.88. The number of ether oxygens (including phenoxy) is 2. The molecule has 104 heavy (non-hydrogen) atoms. The number of aliphatic carboxylic acids is 1. The second-order valence-corrected chi connectivity index (χ2v) is 26.7. The summed E-state index contributed by atoms with van der Waals surface area (Å²) in [6.07, 6.45) is 3.73. The van der Waals surface area contributed by atoms with E-state index in [2.05, 4.69) is 22.3 Å². The molecule has 4 atom stereocenters. The fourth-order valence-electron chi connectivity index (χ4n) is 11.4. The lowest BCUT2D eigenvalue weighted by atomic mass is 9.80. The Morgan fingerprint density at radius 2 is 0.942 bits per heavy atom. The predicted octanol–water partition coefficient (Wildman–Crippen LogP) is 7.34. The molecular weight excluding hydrogens is 1460 g/mol. The molecule has 0 aliphatic rings. The first-order valence-electron chi connectivity index (χ1n) is 32.3. The Morgan fingerprint density at radius 3 is 1.25 bits per heavy atom. The number of carboxylic acids is 1. The maximum Gasteiger partial charge on any atom is 0.430 e. The zero-order valence-corrected chi connectivity index (χ0v) is 60.5. The molecule has 4 aromatic heterocycles. The monoisotopic (exact) mass is 1530 g/mol. The molecule has 0 aliphatic carbocycles. The Hall–Kier alpha value is -9.92. The lowest BCUT2D eigenvalue weighted by molar-refractivity contribution is -0.689. The van der Waals surface area contributed by atoms with Gasteiger partial charge in [-0.2, -0.15) is 23.7 Å². The number of aryl methyl sites for hydroxylation is 4. The number of alkyl halides is 3. The highest BCUT2D eigenvalue weighted by molar-refractivity contribution is 7.10. The number of carboxylic acid groups (broad SMARTS) is 1. The van der Waals surface area contributed by atoms with Crippen molar-refractivity contribution >= 4 is 40.6 Å². The molecule has 0 amide bonds. The molecule has 6 N–H and O–H groups in total. The van der Waals surface area contributed by atoms with Crippen molar-refractivity contribution < 1.29 is 96.0 Å². The number of benzene rings is 6. The van der Waals surface area contributed by atoms with Crippen LogP contribution in [0.15, 0.2) is 145 Å². The summed E-state index contributed by atoms with van der Waals surface area (Å²) >= 11 is 2.84. The highest BCUT2D eigenvalue weighted by Gasteiger charge is 2.43. The third-order valence-corrected chi connectivity index (χ3v) is 18.5. The number of nitrogens with zero attached hydrogens (tertiary/aromatic N) is 10. The van der Waals surface area contributed by atoms with Crippen LogP contribution in [0.5, 0.6) is 11.5 Å². The molecule has 546 valence electrons. The summed E-state index contributed by atoms with van der Waals surface area (Å²) in [6, 6.07) is 32.5. The summed E-state index contributed by atoms with van der Waals surface area (Å²) < 4.78 is 108. The SMILES string of the molecule is Cc1cc(C[n+]2cnn(C[C@](O)(c3ccc(F)cc3F)[C@H](C)Cc3nc(-c4ccc(C#N)cc4)cs3)c2)cc(C)c1OC(=O)CCCN.Cc1cc(C[n+]2cnn(C[C@](O)(c3ccc(F)cc3F)[C@H](C)Cc3nc(-c4ccc(C#N)cc4)cs3)c2)cc(C)c1OC(=O)CCCN.O=C([O-])C(F)(F)F.[Br-]. The number of carbonyl (C=O) groups excluding carboxylic acids is 3. The summed E-state index contributed by atoms with van der Waals surface area (Å²) in [6.45, 7) is 12.6. The number of hydrogen-bond acceptors (Lipinski definition) is 18. The van der Waals surface area contributed by atoms with Crippen LogP contribution in [-0.4, -0.2) is 76.9 Å². The van der Waals surface area contributed by atoms with Gasteiger partial charge in [-0.1, -0.05) is 50.2 Å². The normalized spacial score (nSPS) is 12.9. The van der Waals surface area contributed by atoms with Crippen molar-refractivity contribution in [2.75, 3.05) is 13.1 Å². The number of aliphatic hydroxyl groups is 2. The number of nitrogens with two attached hydrogens (primary N) is 2. The van der Waals surface area contributed by atoms with Gasteiger partial charge in [-0.05, 0) is 160 Å². The highest BCUT2D eigenvalue weighted by atomic mass is 79.9. The van der Waals surface area contributed by atoms with Crippen LogP contribution in [0.2, 0.25) is 0 Å². The number of halogens is 8. The summed E-state index contributed by atoms with van der Waals surface area (Å²) in [7, 11) is 0. The van der Waals surface area contributed by atoms with Crippen molar-refractivity contribution in [1.82, 2.24) is 29.5 Å². The fraction of sp³-hybridized carbons (Fsp3) is 0.311. The third-order valence-electron chi connectivity index (χ3n) is 16.8. The van der Waals surface area contributed by atoms with Crippen LogP contribution in [0, 0.1) is 85.5 Å². The van der Waals surface area contributed by atoms with E-state index in [0.717, 1.165) is 90.2 Å². The fourth-order valence-corrected chi connectivity index (χ4v) is 13.3. The molecule has 4 heterocycles. The van der Waals surface area contributed by atoms with Crippen molar-refractivity contribution in [2.45, 2.75) is 124 Å². The molecular formula is C74H74BrF7N12O8S2. The summed E-state index contributed by atoms with van der Waals surface area (Å²) in [4.78, 5) is 42.6. The Bertz CT molecular complexity index is 4380. The number of thiazole rings is 2. The number of carbonyl (C=O) groups is 3. The molecule has 30 heteroatoms. The average molecular weight is 1540 g/mol. The Balaban J connectivity index is 0.000000264. The van der Waals surface area contributed by atoms with Crippen LogP contribution in [-0.2, 0) is 64.6 Å². The van der Waals surface area contributed by atoms with Crippen LogP contribution >= 0.6 is 22.7 Å². The van der Waals surface area contributed by atoms with Gasteiger partial charge in [0.15, 0.2) is 0 Å². The highest BCUT2D eigenvalue weighted by Crippen LogP contribution is 2.39. The predicted molar refractivity (Wildman–Crippen MR) is 365 cm³/mol. The van der Waals surface area contributed by atoms with E-state index in [1.165, 1.54) is 44.2 Å². The van der Waals surface area contributed by atoms with E-state index in [9.17, 15) is 41.8 Å². The Kier molecular flexibility index (Phi) is 28.5. The van der Waals surface area contributed by atoms with Crippen molar-refractivity contribution in [3.8, 4) is 46.2 Å². The quantitative estimate of drug-likeness (QED) is 0.0178. The second kappa shape index (κ2) is 36.5. The van der Waals surface area contributed by atoms with E-state index in [1.807, 2.05) is 96.1 Å². The van der Waals surface area contributed by atoms with Crippen LogP contribution in [0.1, 0.15) is 105 Å². The lowest BCUT2D eigenvalue weighted by Crippen LogP contribution is -3.00. The van der Waals surface area contributed by atoms with Gasteiger partial charge in [-0.15, -0.1) is 32.0 Å². The average Bonchev–Trinajstić information content (AvgIpc) is 1.15. The van der Waals surface area contributed by atoms with Crippen molar-refractivity contribution in [3.05, 3.63) is 234 Å². The number of aromatic nitrogens is 8. The topological polar surface area (TPSA) is 302 Å². The summed E-state index contributed by atoms with van der Waals surface area (Å²) in [5.41, 5.74) is 16.8. The van der Waals surface area contributed by atoms with Gasteiger partial charge in [-0.3, -0.25) is 9.59 Å². The zero-order chi connectivity index (χ0) is 74.9. The zero-order valence-electron chi connectivity index (χ0n) is 57.3. The molecule has 0 aliphatic heterocycles. The van der Waals surface area contributed by atoms with Crippen molar-refractivity contribution in [3.63, 3.8) is 0 Å². The number of nitriles is 2. The standard InChI is InChI=1S/2C36H37F2N6O3S.C2HF3O2.BrH/c2*1-23-13-27(14-24(2)35(23)47-34(45)5-4-12-39)18-43-21-41-44(22-43)20-36(46,30-11-10-29(37)16-31(30)38)25(3)15-33-42-32(19-48-33)28-8-6-26(17-40)7-9-28;3-2(4,5)1(6)7;/h2*6-11,13-14,16,19,21-22,25,46H,4-5,12,15,18,20,39H2,1-3H3;(H,6,7);1H/q2*+1;;/p-2/t2*25-,36-;;/m11../s1. The Morgan fingerprint density at radius 1 is 0.596 bits per heavy atom. The first-order chi connectivity index (χ1) is 48.9. The van der Waals surface area contributed by atoms with Crippen molar-refractivity contribution in [1.29, 1.82) is 10.5 Å². The van der Waals surface area contributed by atoms with Crippen LogP contribution in [0.3, 0.4) is 0 Å². The number of esters is 2. The molecule has 0 saturated carbocycles. The summed E-state index contributed by atoms with van der Waals surface area (Å²) in [5, 5.41) is 65.6. The van der Waals surface area contributed by atoms with Gasteiger partial charge in [0.1, 0.15) is 65.0 Å². The van der Waals surface area contributed by atoms with E-state index >= 15 is 8.78 Å². The minimum Gasteiger partial charge on any atom is -1.00 e. The van der Waals surface area contributed by atoms with Crippen LogP contribution in [0.4, 0.5) is 30.7 Å². The molecule has 0 saturated heterocycles. The van der Waals surface area contributed by atoms with E-state index in [1.54, 1.807) is 63.4 Å². The van der Waals surface area contributed by atoms with E-state index in [0.29, 0.717) is 74.5 Å². The molecule has 6 aromatic carbocycles. The first-order valence-corrected chi connectivity index (χ1v) is 34.1. The number of rotatable bonds is 26. The smallest absolute Gasteiger partial charge is 0.430 e. The van der Waals surface area contributed by atoms with Gasteiger partial charge in [0.25, 0.3) is 12.7 Å². The molecule has 0 spiro atoms. The van der Waals surface area contributed by atoms with E-state index in [-0.39, 0.29) is 66.0 Å². The Labute approximate surface area is 613 Å². The van der Waals surface area contributed by atoms with Gasteiger partial charge >= 0.3 is 18.1 Å². The second-order valence-electron chi connectivity index (χ2n) is 24.8. The maximum absolute atomic E-state index is 15.3. The van der Waals surface area contributed by atoms with Crippen LogP contribution < -0.4 is 52.2 Å². The third kappa shape index (κ3) is 21.6. The van der Waals surface area contributed by atoms with Gasteiger partial charge in [0.2, 0.25) is 12.7 Å². The van der Waals surface area contributed by atoms with Gasteiger partial charge < -0.3 is 58.0 Å². The van der Waals surface area contributed by atoms with Gasteiger partial charge in [0, 0.05) is 81.0 Å². The first kappa shape index (κ1) is 81.4. The molecule has 10 rings (SSSR count). The number of hydrogen-bond donors (Lipinski definition) is 4. The van der Waals surface area contributed by atoms with Gasteiger partial charge in [0.05, 0.1) is 57.8 Å². The minimum absolute atomic E-state index is 0. The molecule has 0 fully saturated rings. The lowest BCUT2D eigenvalue weighted by Gasteiger charge is -2.32. The maximum atomic E-state index is 15.3. The van der Waals surface area contributed by atoms with E-state index in [4.69, 9.17) is 51.3 Å². The van der Waals surface area contributed by atoms with Crippen LogP contribution in [0.25, 0.3) is 22.5 Å². The molecule has 10 aromatic rings. The molecule has 0 radical (unpaired) electrons.